The van der Waals surface area contributed by atoms with Gasteiger partial charge in [0.25, 0.3) is 0 Å². The van der Waals surface area contributed by atoms with E-state index in [1.54, 1.807) is 13.0 Å². The van der Waals surface area contributed by atoms with Crippen molar-refractivity contribution in [3.05, 3.63) is 33.7 Å². The van der Waals surface area contributed by atoms with E-state index in [-0.39, 0.29) is 5.78 Å². The maximum atomic E-state index is 11.1. The van der Waals surface area contributed by atoms with Gasteiger partial charge in [0.15, 0.2) is 5.78 Å². The van der Waals surface area contributed by atoms with Gasteiger partial charge in [-0.05, 0) is 29.8 Å². The lowest BCUT2D eigenvalue weighted by molar-refractivity contribution is 0.101. The minimum absolute atomic E-state index is 0.0809. The summed E-state index contributed by atoms with van der Waals surface area (Å²) >= 11 is 0. The maximum absolute atomic E-state index is 11.1. The fourth-order valence-electron chi connectivity index (χ4n) is 1.19. The highest BCUT2D eigenvalue weighted by atomic mass is 16.1. The van der Waals surface area contributed by atoms with Crippen LogP contribution in [0, 0.1) is 6.92 Å². The first kappa shape index (κ1) is 8.72. The zero-order valence-electron chi connectivity index (χ0n) is 7.48. The number of Topliss-reactive ketones (excluding diaryl/α,β-unsaturated/α-hetero) is 1. The summed E-state index contributed by atoms with van der Waals surface area (Å²) in [5, 5.41) is 1.75. The summed E-state index contributed by atoms with van der Waals surface area (Å²) in [6.07, 6.45) is 0. The first-order valence-electron chi connectivity index (χ1n) is 3.82. The third-order valence-electron chi connectivity index (χ3n) is 2.07. The first-order chi connectivity index (χ1) is 5.54. The van der Waals surface area contributed by atoms with Crippen LogP contribution in [-0.4, -0.2) is 5.78 Å². The summed E-state index contributed by atoms with van der Waals surface area (Å²) in [4.78, 5) is 11.1. The molecular formula is C11H12O. The van der Waals surface area contributed by atoms with Crippen LogP contribution in [0.3, 0.4) is 0 Å². The number of carbonyl (C=O) groups excluding carboxylic acids is 1. The van der Waals surface area contributed by atoms with Crippen molar-refractivity contribution < 1.29 is 4.79 Å². The quantitative estimate of drug-likeness (QED) is 0.560. The topological polar surface area (TPSA) is 17.1 Å². The predicted molar refractivity (Wildman–Crippen MR) is 51.5 cm³/mol. The second kappa shape index (κ2) is 2.94. The highest BCUT2D eigenvalue weighted by Gasteiger charge is 2.02. The molecule has 0 fully saturated rings. The van der Waals surface area contributed by atoms with Crippen LogP contribution in [0.15, 0.2) is 12.1 Å². The van der Waals surface area contributed by atoms with Crippen LogP contribution in [0.2, 0.25) is 0 Å². The highest BCUT2D eigenvalue weighted by molar-refractivity contribution is 5.95. The number of hydrogen-bond donors (Lipinski definition) is 0. The molecule has 1 heteroatoms. The smallest absolute Gasteiger partial charge is 0.160 e. The Balaban J connectivity index is 3.58. The van der Waals surface area contributed by atoms with Gasteiger partial charge in [0.2, 0.25) is 0 Å². The standard InChI is InChI=1S/C11H12O/c1-7-5-6-11(10(4)12)9(3)8(7)2/h5-6H,1-2H2,3-4H3. The minimum atomic E-state index is 0.0809. The summed E-state index contributed by atoms with van der Waals surface area (Å²) in [6.45, 7) is 11.1. The Labute approximate surface area is 72.0 Å². The molecule has 62 valence electrons. The lowest BCUT2D eigenvalue weighted by Crippen LogP contribution is -2.26. The minimum Gasteiger partial charge on any atom is -0.295 e. The SMILES string of the molecule is C=c1ccc(C(C)=O)c(C)c1=C. The predicted octanol–water partition coefficient (Wildman–Crippen LogP) is 1.02. The van der Waals surface area contributed by atoms with E-state index < -0.39 is 0 Å². The van der Waals surface area contributed by atoms with Gasteiger partial charge in [0.05, 0.1) is 0 Å². The molecule has 0 aliphatic rings. The van der Waals surface area contributed by atoms with Crippen molar-refractivity contribution in [3.8, 4) is 0 Å². The Morgan fingerprint density at radius 2 is 1.92 bits per heavy atom. The van der Waals surface area contributed by atoms with Crippen LogP contribution in [-0.2, 0) is 0 Å². The fourth-order valence-corrected chi connectivity index (χ4v) is 1.19. The molecule has 0 radical (unpaired) electrons. The number of hydrogen-bond acceptors (Lipinski definition) is 1. The normalized spacial score (nSPS) is 9.83. The van der Waals surface area contributed by atoms with Crippen LogP contribution < -0.4 is 10.4 Å². The Bertz CT molecular complexity index is 415. The van der Waals surface area contributed by atoms with Crippen molar-refractivity contribution in [2.45, 2.75) is 13.8 Å². The Morgan fingerprint density at radius 3 is 2.42 bits per heavy atom. The average Bonchev–Trinajstić information content (AvgIpc) is 2.00. The molecular weight excluding hydrogens is 148 g/mol. The molecule has 1 aromatic rings. The third-order valence-corrected chi connectivity index (χ3v) is 2.07. The Hall–Kier alpha value is -1.37. The van der Waals surface area contributed by atoms with Gasteiger partial charge >= 0.3 is 0 Å². The Morgan fingerprint density at radius 1 is 1.33 bits per heavy atom. The molecule has 0 amide bonds. The van der Waals surface area contributed by atoms with Crippen LogP contribution in [0.5, 0.6) is 0 Å². The maximum Gasteiger partial charge on any atom is 0.160 e. The molecule has 0 bridgehead atoms. The molecule has 0 saturated carbocycles. The largest absolute Gasteiger partial charge is 0.295 e. The van der Waals surface area contributed by atoms with Crippen molar-refractivity contribution in [1.82, 2.24) is 0 Å². The van der Waals surface area contributed by atoms with Gasteiger partial charge < -0.3 is 0 Å². The van der Waals surface area contributed by atoms with E-state index in [1.807, 2.05) is 13.0 Å². The van der Waals surface area contributed by atoms with Gasteiger partial charge in [-0.3, -0.25) is 4.79 Å². The van der Waals surface area contributed by atoms with E-state index in [1.165, 1.54) is 0 Å². The van der Waals surface area contributed by atoms with E-state index in [0.29, 0.717) is 0 Å². The molecule has 0 heterocycles. The monoisotopic (exact) mass is 160 g/mol. The summed E-state index contributed by atoms with van der Waals surface area (Å²) in [5.41, 5.74) is 1.68. The number of benzene rings is 1. The second-order valence-electron chi connectivity index (χ2n) is 2.93. The van der Waals surface area contributed by atoms with Gasteiger partial charge in [0.1, 0.15) is 0 Å². The van der Waals surface area contributed by atoms with E-state index in [9.17, 15) is 4.79 Å². The molecule has 0 unspecified atom stereocenters. The number of ketones is 1. The number of carbonyl (C=O) groups is 1. The molecule has 0 atom stereocenters. The van der Waals surface area contributed by atoms with Crippen molar-refractivity contribution in [2.75, 3.05) is 0 Å². The average molecular weight is 160 g/mol. The summed E-state index contributed by atoms with van der Waals surface area (Å²) < 4.78 is 0. The van der Waals surface area contributed by atoms with Crippen LogP contribution in [0.4, 0.5) is 0 Å². The summed E-state index contributed by atoms with van der Waals surface area (Å²) in [5.74, 6) is 0.0809. The molecule has 0 aliphatic heterocycles. The van der Waals surface area contributed by atoms with Crippen molar-refractivity contribution in [1.29, 1.82) is 0 Å². The summed E-state index contributed by atoms with van der Waals surface area (Å²) in [7, 11) is 0. The van der Waals surface area contributed by atoms with Crippen LogP contribution >= 0.6 is 0 Å². The van der Waals surface area contributed by atoms with Gasteiger partial charge in [-0.2, -0.15) is 0 Å². The lowest BCUT2D eigenvalue weighted by Gasteiger charge is -2.01. The van der Waals surface area contributed by atoms with Crippen molar-refractivity contribution in [2.24, 2.45) is 0 Å². The second-order valence-corrected chi connectivity index (χ2v) is 2.93. The van der Waals surface area contributed by atoms with E-state index in [2.05, 4.69) is 13.2 Å². The van der Waals surface area contributed by atoms with Crippen LogP contribution in [0.25, 0.3) is 13.2 Å². The highest BCUT2D eigenvalue weighted by Crippen LogP contribution is 2.00. The van der Waals surface area contributed by atoms with Gasteiger partial charge in [0, 0.05) is 5.56 Å². The van der Waals surface area contributed by atoms with Gasteiger partial charge in [-0.25, -0.2) is 0 Å². The van der Waals surface area contributed by atoms with Crippen molar-refractivity contribution >= 4 is 18.9 Å². The molecule has 0 saturated heterocycles. The molecule has 0 spiro atoms. The lowest BCUT2D eigenvalue weighted by atomic mass is 10.0. The molecule has 0 aliphatic carbocycles. The zero-order valence-corrected chi connectivity index (χ0v) is 7.48. The third kappa shape index (κ3) is 1.30. The zero-order chi connectivity index (χ0) is 9.30. The molecule has 0 N–H and O–H groups in total. The molecule has 12 heavy (non-hydrogen) atoms. The molecule has 1 aromatic carbocycles. The van der Waals surface area contributed by atoms with Crippen molar-refractivity contribution in [3.63, 3.8) is 0 Å². The molecule has 1 nitrogen and oxygen atoms in total. The van der Waals surface area contributed by atoms with E-state index >= 15 is 0 Å². The fraction of sp³-hybridized carbons (Fsp3) is 0.182. The summed E-state index contributed by atoms with van der Waals surface area (Å²) in [6, 6.07) is 3.63. The van der Waals surface area contributed by atoms with Crippen LogP contribution in [0.1, 0.15) is 22.8 Å². The first-order valence-corrected chi connectivity index (χ1v) is 3.82. The number of rotatable bonds is 1. The van der Waals surface area contributed by atoms with E-state index in [0.717, 1.165) is 21.6 Å². The van der Waals surface area contributed by atoms with Gasteiger partial charge in [-0.1, -0.05) is 25.3 Å². The van der Waals surface area contributed by atoms with Gasteiger partial charge in [-0.15, -0.1) is 0 Å². The van der Waals surface area contributed by atoms with E-state index in [4.69, 9.17) is 0 Å². The Kier molecular flexibility index (Phi) is 2.13. The molecule has 1 rings (SSSR count). The molecule has 0 aromatic heterocycles.